The van der Waals surface area contributed by atoms with E-state index in [-0.39, 0.29) is 58.9 Å². The Morgan fingerprint density at radius 2 is 1.77 bits per heavy atom. The van der Waals surface area contributed by atoms with Gasteiger partial charge in [-0.05, 0) is 60.1 Å². The first-order chi connectivity index (χ1) is 18.8. The summed E-state index contributed by atoms with van der Waals surface area (Å²) in [6.45, 7) is 0.957. The van der Waals surface area contributed by atoms with Gasteiger partial charge in [0, 0.05) is 31.1 Å². The molecule has 39 heavy (non-hydrogen) atoms. The van der Waals surface area contributed by atoms with Crippen molar-refractivity contribution in [2.24, 2.45) is 11.8 Å². The number of nitrogens with one attached hydrogen (secondary N) is 1. The summed E-state index contributed by atoms with van der Waals surface area (Å²) in [6, 6.07) is 17.5. The van der Waals surface area contributed by atoms with Crippen molar-refractivity contribution in [3.63, 3.8) is 0 Å². The van der Waals surface area contributed by atoms with Crippen molar-refractivity contribution in [2.45, 2.75) is 38.1 Å². The monoisotopic (exact) mass is 531 g/mol. The lowest BCUT2D eigenvalue weighted by molar-refractivity contribution is -0.385. The Bertz CT molecular complexity index is 1390. The van der Waals surface area contributed by atoms with Crippen LogP contribution < -0.4 is 5.32 Å². The second-order valence-corrected chi connectivity index (χ2v) is 10.5. The Morgan fingerprint density at radius 3 is 2.51 bits per heavy atom. The number of nitro benzene ring substituents is 1. The Balaban J connectivity index is 1.24. The molecule has 2 N–H and O–H groups in total. The molecule has 1 saturated heterocycles. The van der Waals surface area contributed by atoms with Gasteiger partial charge in [0.25, 0.3) is 11.6 Å². The number of carbonyl (C=O) groups excluding carboxylic acids is 2. The topological polar surface area (TPSA) is 113 Å². The number of carbonyl (C=O) groups is 2. The number of amides is 2. The number of nitrogens with zero attached hydrogens (tertiary/aromatic N) is 2. The van der Waals surface area contributed by atoms with Crippen LogP contribution in [0, 0.1) is 27.8 Å². The van der Waals surface area contributed by atoms with Crippen LogP contribution in [-0.4, -0.2) is 45.9 Å². The number of aromatic hydroxyl groups is 1. The molecule has 2 amide bonds. The number of likely N-dealkylation sites (tertiary alicyclic amines) is 1. The molecule has 0 bridgehead atoms. The zero-order valence-corrected chi connectivity index (χ0v) is 21.4. The summed E-state index contributed by atoms with van der Waals surface area (Å²) in [6.07, 6.45) is 3.53. The molecule has 2 aliphatic rings. The minimum atomic E-state index is -0.635. The van der Waals surface area contributed by atoms with Gasteiger partial charge < -0.3 is 15.3 Å². The summed E-state index contributed by atoms with van der Waals surface area (Å²) in [5, 5.41) is 24.3. The van der Waals surface area contributed by atoms with Crippen LogP contribution in [0.25, 0.3) is 0 Å². The summed E-state index contributed by atoms with van der Waals surface area (Å²) in [5.74, 6) is -0.732. The van der Waals surface area contributed by atoms with Crippen molar-refractivity contribution in [3.8, 4) is 5.75 Å². The average molecular weight is 532 g/mol. The second kappa shape index (κ2) is 11.2. The third-order valence-corrected chi connectivity index (χ3v) is 7.87. The second-order valence-electron chi connectivity index (χ2n) is 10.5. The molecule has 0 aromatic heterocycles. The molecule has 2 fully saturated rings. The number of rotatable bonds is 7. The number of hydrogen-bond acceptors (Lipinski definition) is 5. The summed E-state index contributed by atoms with van der Waals surface area (Å²) in [7, 11) is 0. The van der Waals surface area contributed by atoms with Gasteiger partial charge in [-0.25, -0.2) is 4.39 Å². The minimum absolute atomic E-state index is 0.0724. The number of benzene rings is 3. The van der Waals surface area contributed by atoms with Crippen LogP contribution >= 0.6 is 0 Å². The van der Waals surface area contributed by atoms with Crippen LogP contribution in [0.2, 0.25) is 0 Å². The number of phenolic OH excluding ortho intramolecular Hbond substituents is 1. The molecule has 3 aromatic rings. The molecule has 0 radical (unpaired) electrons. The van der Waals surface area contributed by atoms with E-state index in [4.69, 9.17) is 0 Å². The predicted molar refractivity (Wildman–Crippen MR) is 143 cm³/mol. The van der Waals surface area contributed by atoms with Gasteiger partial charge in [0.05, 0.1) is 23.0 Å². The van der Waals surface area contributed by atoms with Crippen molar-refractivity contribution in [1.29, 1.82) is 0 Å². The number of halogens is 1. The maximum atomic E-state index is 13.3. The number of hydrogen-bond donors (Lipinski definition) is 2. The molecule has 1 heterocycles. The van der Waals surface area contributed by atoms with Crippen LogP contribution in [0.5, 0.6) is 5.75 Å². The quantitative estimate of drug-likeness (QED) is 0.341. The predicted octanol–water partition coefficient (Wildman–Crippen LogP) is 4.63. The van der Waals surface area contributed by atoms with E-state index in [1.54, 1.807) is 17.0 Å². The Morgan fingerprint density at radius 1 is 1.03 bits per heavy atom. The van der Waals surface area contributed by atoms with Gasteiger partial charge in [0.15, 0.2) is 0 Å². The fourth-order valence-electron chi connectivity index (χ4n) is 5.98. The van der Waals surface area contributed by atoms with E-state index in [2.05, 4.69) is 5.32 Å². The summed E-state index contributed by atoms with van der Waals surface area (Å²) >= 11 is 0. The molecule has 0 unspecified atom stereocenters. The Labute approximate surface area is 225 Å². The first-order valence-corrected chi connectivity index (χ1v) is 13.1. The van der Waals surface area contributed by atoms with Crippen LogP contribution in [0.15, 0.2) is 66.7 Å². The molecule has 1 aliphatic carbocycles. The Hall–Kier alpha value is -4.27. The first kappa shape index (κ1) is 26.3. The van der Waals surface area contributed by atoms with Gasteiger partial charge in [0.1, 0.15) is 11.6 Å². The third kappa shape index (κ3) is 6.08. The fraction of sp³-hybridized carbons (Fsp3) is 0.333. The van der Waals surface area contributed by atoms with Crippen molar-refractivity contribution in [3.05, 3.63) is 105 Å². The molecule has 1 aliphatic heterocycles. The maximum absolute atomic E-state index is 13.3. The van der Waals surface area contributed by atoms with Crippen molar-refractivity contribution in [1.82, 2.24) is 10.2 Å². The fourth-order valence-corrected chi connectivity index (χ4v) is 5.98. The first-order valence-electron chi connectivity index (χ1n) is 13.1. The highest BCUT2D eigenvalue weighted by molar-refractivity contribution is 5.95. The summed E-state index contributed by atoms with van der Waals surface area (Å²) in [4.78, 5) is 38.6. The highest BCUT2D eigenvalue weighted by Crippen LogP contribution is 2.37. The van der Waals surface area contributed by atoms with E-state index in [0.29, 0.717) is 19.5 Å². The largest absolute Gasteiger partial charge is 0.508 e. The van der Waals surface area contributed by atoms with E-state index in [9.17, 15) is 29.2 Å². The Kier molecular flexibility index (Phi) is 7.58. The SMILES string of the molecule is O=C(Cc1ccccc1Cc1ccc(F)cc1)N[C@H]1CCC[C@@H]2CN(C(=O)c3cc(O)cc([N+](=O)[O-])c3)C[C@H]21. The van der Waals surface area contributed by atoms with Crippen molar-refractivity contribution in [2.75, 3.05) is 13.1 Å². The number of fused-ring (bicyclic) bond motifs is 1. The van der Waals surface area contributed by atoms with E-state index in [1.807, 2.05) is 24.3 Å². The molecular formula is C30H30FN3O5. The number of non-ortho nitro benzene ring substituents is 1. The lowest BCUT2D eigenvalue weighted by Crippen LogP contribution is -2.46. The van der Waals surface area contributed by atoms with E-state index in [0.717, 1.165) is 42.0 Å². The molecule has 9 heteroatoms. The molecule has 0 spiro atoms. The van der Waals surface area contributed by atoms with E-state index < -0.39 is 4.92 Å². The zero-order valence-electron chi connectivity index (χ0n) is 21.4. The van der Waals surface area contributed by atoms with Gasteiger partial charge >= 0.3 is 0 Å². The number of nitro groups is 1. The smallest absolute Gasteiger partial charge is 0.273 e. The number of phenols is 1. The molecule has 1 saturated carbocycles. The molecule has 5 rings (SSSR count). The normalized spacial score (nSPS) is 20.3. The molecule has 3 aromatic carbocycles. The van der Waals surface area contributed by atoms with Crippen LogP contribution in [-0.2, 0) is 17.6 Å². The standard InChI is InChI=1S/C30H30FN3O5/c31-24-10-8-19(9-11-24)12-20-4-1-2-5-21(20)15-29(36)32-28-7-3-6-22-17-33(18-27(22)28)30(37)23-13-25(34(38)39)16-26(35)14-23/h1-2,4-5,8-11,13-14,16,22,27-28,35H,3,6-7,12,15,17-18H2,(H,32,36)/t22-,27-,28+/m1/s1. The lowest BCUT2D eigenvalue weighted by atomic mass is 9.78. The zero-order chi connectivity index (χ0) is 27.5. The summed E-state index contributed by atoms with van der Waals surface area (Å²) < 4.78 is 13.3. The lowest BCUT2D eigenvalue weighted by Gasteiger charge is -2.33. The van der Waals surface area contributed by atoms with Gasteiger partial charge in [-0.1, -0.05) is 42.8 Å². The van der Waals surface area contributed by atoms with Gasteiger partial charge in [0.2, 0.25) is 5.91 Å². The van der Waals surface area contributed by atoms with Gasteiger partial charge in [-0.2, -0.15) is 0 Å². The van der Waals surface area contributed by atoms with Gasteiger partial charge in [-0.3, -0.25) is 19.7 Å². The summed E-state index contributed by atoms with van der Waals surface area (Å²) in [5.41, 5.74) is 2.64. The van der Waals surface area contributed by atoms with Gasteiger partial charge in [-0.15, -0.1) is 0 Å². The highest BCUT2D eigenvalue weighted by Gasteiger charge is 2.42. The average Bonchev–Trinajstić information content (AvgIpc) is 3.36. The molecular weight excluding hydrogens is 501 g/mol. The van der Waals surface area contributed by atoms with Crippen LogP contribution in [0.3, 0.4) is 0 Å². The van der Waals surface area contributed by atoms with Crippen LogP contribution in [0.1, 0.15) is 46.3 Å². The molecule has 8 nitrogen and oxygen atoms in total. The minimum Gasteiger partial charge on any atom is -0.508 e. The van der Waals surface area contributed by atoms with E-state index in [1.165, 1.54) is 24.3 Å². The third-order valence-electron chi connectivity index (χ3n) is 7.87. The van der Waals surface area contributed by atoms with Crippen molar-refractivity contribution >= 4 is 17.5 Å². The molecule has 3 atom stereocenters. The van der Waals surface area contributed by atoms with Crippen molar-refractivity contribution < 1.29 is 24.0 Å². The maximum Gasteiger partial charge on any atom is 0.273 e. The highest BCUT2D eigenvalue weighted by atomic mass is 19.1. The van der Waals surface area contributed by atoms with Crippen LogP contribution in [0.4, 0.5) is 10.1 Å². The van der Waals surface area contributed by atoms with E-state index >= 15 is 0 Å². The molecule has 202 valence electrons.